The van der Waals surface area contributed by atoms with Gasteiger partial charge >= 0.3 is 0 Å². The number of rotatable bonds is 5. The largest absolute Gasteiger partial charge is 0.486 e. The number of hydrogen-bond donors (Lipinski definition) is 2. The molecule has 2 aliphatic heterocycles. The molecular weight excluding hydrogens is 366 g/mol. The summed E-state index contributed by atoms with van der Waals surface area (Å²) in [6.45, 7) is 0.990. The van der Waals surface area contributed by atoms with Crippen LogP contribution >= 0.6 is 11.9 Å². The highest BCUT2D eigenvalue weighted by molar-refractivity contribution is 7.98. The van der Waals surface area contributed by atoms with Crippen LogP contribution in [0.15, 0.2) is 52.4 Å². The van der Waals surface area contributed by atoms with Crippen LogP contribution in [0.2, 0.25) is 0 Å². The molecule has 2 heterocycles. The smallest absolute Gasteiger partial charge is 0.288 e. The summed E-state index contributed by atoms with van der Waals surface area (Å²) in [7, 11) is 0. The summed E-state index contributed by atoms with van der Waals surface area (Å²) >= 11 is 1.27. The Morgan fingerprint density at radius 1 is 1.22 bits per heavy atom. The second-order valence-corrected chi connectivity index (χ2v) is 6.88. The molecule has 0 aliphatic carbocycles. The van der Waals surface area contributed by atoms with Gasteiger partial charge in [0.05, 0.1) is 16.6 Å². The molecule has 1 atom stereocenters. The summed E-state index contributed by atoms with van der Waals surface area (Å²) in [5.41, 5.74) is 1.59. The molecule has 0 saturated heterocycles. The number of ether oxygens (including phenoxy) is 2. The first kappa shape index (κ1) is 17.4. The van der Waals surface area contributed by atoms with Gasteiger partial charge in [0.25, 0.3) is 5.91 Å². The normalized spacial score (nSPS) is 15.6. The summed E-state index contributed by atoms with van der Waals surface area (Å²) in [6, 6.07) is 12.5. The molecule has 2 aliphatic rings. The molecule has 27 heavy (non-hydrogen) atoms. The minimum atomic E-state index is -0.629. The number of aldehydes is 1. The maximum Gasteiger partial charge on any atom is 0.288 e. The average Bonchev–Trinajstić information content (AvgIpc) is 2.72. The fourth-order valence-corrected chi connectivity index (χ4v) is 3.53. The summed E-state index contributed by atoms with van der Waals surface area (Å²) in [5.74, 6) is 0.988. The molecule has 138 valence electrons. The SMILES string of the molecule is O=C[C@H](Cc1ccccc1)NC(=O)C1=Nc2cc3c(cc2SN1)OCCO3. The number of carbonyl (C=O) groups excluding carboxylic acids is 2. The van der Waals surface area contributed by atoms with Gasteiger partial charge in [0, 0.05) is 12.1 Å². The lowest BCUT2D eigenvalue weighted by molar-refractivity contribution is -0.118. The summed E-state index contributed by atoms with van der Waals surface area (Å²) in [6.07, 6.45) is 1.16. The van der Waals surface area contributed by atoms with Crippen molar-refractivity contribution in [1.29, 1.82) is 0 Å². The van der Waals surface area contributed by atoms with Crippen molar-refractivity contribution in [3.8, 4) is 11.5 Å². The molecule has 0 aromatic heterocycles. The Balaban J connectivity index is 1.49. The van der Waals surface area contributed by atoms with Gasteiger partial charge in [0.15, 0.2) is 11.5 Å². The number of carbonyl (C=O) groups is 2. The predicted octanol–water partition coefficient (Wildman–Crippen LogP) is 2.02. The third-order valence-corrected chi connectivity index (χ3v) is 4.95. The van der Waals surface area contributed by atoms with Gasteiger partial charge in [-0.2, -0.15) is 0 Å². The molecule has 0 radical (unpaired) electrons. The quantitative estimate of drug-likeness (QED) is 0.607. The first-order chi connectivity index (χ1) is 13.2. The number of hydrogen-bond acceptors (Lipinski definition) is 7. The molecular formula is C19H17N3O4S. The van der Waals surface area contributed by atoms with Crippen molar-refractivity contribution >= 4 is 35.7 Å². The summed E-state index contributed by atoms with van der Waals surface area (Å²) in [4.78, 5) is 29.1. The van der Waals surface area contributed by atoms with Crippen LogP contribution in [0.4, 0.5) is 5.69 Å². The summed E-state index contributed by atoms with van der Waals surface area (Å²) in [5, 5.41) is 2.71. The van der Waals surface area contributed by atoms with Gasteiger partial charge in [-0.1, -0.05) is 30.3 Å². The van der Waals surface area contributed by atoms with E-state index in [1.165, 1.54) is 11.9 Å². The Bertz CT molecular complexity index is 901. The van der Waals surface area contributed by atoms with Crippen molar-refractivity contribution in [1.82, 2.24) is 10.0 Å². The second-order valence-electron chi connectivity index (χ2n) is 6.03. The Morgan fingerprint density at radius 2 is 1.96 bits per heavy atom. The van der Waals surface area contributed by atoms with Crippen LogP contribution in [-0.4, -0.2) is 37.3 Å². The van der Waals surface area contributed by atoms with Crippen LogP contribution in [0, 0.1) is 0 Å². The monoisotopic (exact) mass is 383 g/mol. The number of amidine groups is 1. The Labute approximate surface area is 160 Å². The van der Waals surface area contributed by atoms with Crippen molar-refractivity contribution in [2.45, 2.75) is 17.4 Å². The number of amides is 1. The van der Waals surface area contributed by atoms with Gasteiger partial charge < -0.3 is 24.3 Å². The molecule has 0 spiro atoms. The lowest BCUT2D eigenvalue weighted by atomic mass is 10.1. The van der Waals surface area contributed by atoms with E-state index in [-0.39, 0.29) is 5.84 Å². The number of benzene rings is 2. The van der Waals surface area contributed by atoms with Crippen LogP contribution in [0.1, 0.15) is 5.56 Å². The molecule has 7 nitrogen and oxygen atoms in total. The van der Waals surface area contributed by atoms with Crippen LogP contribution in [0.3, 0.4) is 0 Å². The molecule has 0 fully saturated rings. The highest BCUT2D eigenvalue weighted by atomic mass is 32.2. The molecule has 8 heteroatoms. The van der Waals surface area contributed by atoms with Gasteiger partial charge in [-0.15, -0.1) is 0 Å². The zero-order chi connectivity index (χ0) is 18.6. The molecule has 2 aromatic carbocycles. The third kappa shape index (κ3) is 3.90. The van der Waals surface area contributed by atoms with E-state index in [4.69, 9.17) is 9.47 Å². The first-order valence-electron chi connectivity index (χ1n) is 8.48. The molecule has 0 bridgehead atoms. The lowest BCUT2D eigenvalue weighted by Gasteiger charge is -2.22. The van der Waals surface area contributed by atoms with Crippen LogP contribution < -0.4 is 19.5 Å². The van der Waals surface area contributed by atoms with Crippen LogP contribution in [0.5, 0.6) is 11.5 Å². The molecule has 0 saturated carbocycles. The van der Waals surface area contributed by atoms with Crippen molar-refractivity contribution in [2.75, 3.05) is 13.2 Å². The van der Waals surface area contributed by atoms with Crippen LogP contribution in [0.25, 0.3) is 0 Å². The number of nitrogens with one attached hydrogen (secondary N) is 2. The van der Waals surface area contributed by atoms with Crippen molar-refractivity contribution in [2.24, 2.45) is 4.99 Å². The number of nitrogens with zero attached hydrogens (tertiary/aromatic N) is 1. The van der Waals surface area contributed by atoms with E-state index >= 15 is 0 Å². The van der Waals surface area contributed by atoms with E-state index in [1.54, 1.807) is 6.07 Å². The van der Waals surface area contributed by atoms with E-state index in [2.05, 4.69) is 15.0 Å². The Morgan fingerprint density at radius 3 is 2.70 bits per heavy atom. The molecule has 2 N–H and O–H groups in total. The zero-order valence-corrected chi connectivity index (χ0v) is 15.1. The summed E-state index contributed by atoms with van der Waals surface area (Å²) < 4.78 is 14.0. The van der Waals surface area contributed by atoms with Crippen molar-refractivity contribution in [3.63, 3.8) is 0 Å². The number of aliphatic imine (C=N–C) groups is 1. The maximum atomic E-state index is 12.5. The first-order valence-corrected chi connectivity index (χ1v) is 9.30. The second kappa shape index (κ2) is 7.71. The van der Waals surface area contributed by atoms with Gasteiger partial charge in [-0.25, -0.2) is 4.99 Å². The lowest BCUT2D eigenvalue weighted by Crippen LogP contribution is -2.45. The molecule has 1 amide bonds. The van der Waals surface area contributed by atoms with E-state index in [9.17, 15) is 9.59 Å². The molecule has 2 aromatic rings. The molecule has 0 unspecified atom stereocenters. The standard InChI is InChI=1S/C19H17N3O4S/c23-11-13(8-12-4-2-1-3-5-12)20-19(24)18-21-14-9-15-16(26-7-6-25-15)10-17(14)27-22-18/h1-5,9-11,13H,6-8H2,(H,20,24)(H,21,22)/t13-/m0/s1. The fraction of sp³-hybridized carbons (Fsp3) is 0.211. The third-order valence-electron chi connectivity index (χ3n) is 4.11. The van der Waals surface area contributed by atoms with E-state index in [0.717, 1.165) is 16.7 Å². The minimum absolute atomic E-state index is 0.143. The fourth-order valence-electron chi connectivity index (χ4n) is 2.81. The average molecular weight is 383 g/mol. The van der Waals surface area contributed by atoms with Gasteiger partial charge in [-0.3, -0.25) is 4.79 Å². The van der Waals surface area contributed by atoms with Crippen molar-refractivity contribution < 1.29 is 19.1 Å². The Kier molecular flexibility index (Phi) is 4.97. The number of fused-ring (bicyclic) bond motifs is 2. The highest BCUT2D eigenvalue weighted by Crippen LogP contribution is 2.41. The van der Waals surface area contributed by atoms with E-state index in [1.807, 2.05) is 36.4 Å². The topological polar surface area (TPSA) is 89.0 Å². The highest BCUT2D eigenvalue weighted by Gasteiger charge is 2.24. The predicted molar refractivity (Wildman–Crippen MR) is 102 cm³/mol. The maximum absolute atomic E-state index is 12.5. The minimum Gasteiger partial charge on any atom is -0.486 e. The van der Waals surface area contributed by atoms with Gasteiger partial charge in [0.1, 0.15) is 19.5 Å². The molecule has 4 rings (SSSR count). The zero-order valence-electron chi connectivity index (χ0n) is 14.3. The van der Waals surface area contributed by atoms with Crippen LogP contribution in [-0.2, 0) is 16.0 Å². The van der Waals surface area contributed by atoms with Gasteiger partial charge in [0.2, 0.25) is 5.84 Å². The van der Waals surface area contributed by atoms with E-state index < -0.39 is 11.9 Å². The van der Waals surface area contributed by atoms with E-state index in [0.29, 0.717) is 36.8 Å². The van der Waals surface area contributed by atoms with Gasteiger partial charge in [-0.05, 0) is 23.9 Å². The Hall–Kier alpha value is -3.00. The van der Waals surface area contributed by atoms with Crippen molar-refractivity contribution in [3.05, 3.63) is 48.0 Å².